The summed E-state index contributed by atoms with van der Waals surface area (Å²) >= 11 is 6.19. The van der Waals surface area contributed by atoms with E-state index in [0.717, 1.165) is 17.9 Å². The maximum atomic E-state index is 8.92. The smallest absolute Gasteiger partial charge is 0.108 e. The second-order valence-corrected chi connectivity index (χ2v) is 4.11. The molecule has 0 spiro atoms. The highest BCUT2D eigenvalue weighted by molar-refractivity contribution is 6.31. The Morgan fingerprint density at radius 3 is 2.82 bits per heavy atom. The van der Waals surface area contributed by atoms with Crippen LogP contribution in [0.3, 0.4) is 0 Å². The molecule has 0 aromatic carbocycles. The maximum Gasteiger partial charge on any atom is 0.108 e. The standard InChI is InChI=1S/C10H14ClN5O/c1-3-16-9(10(11)7(2)13-16)5-15-4-8(6-17)12-14-15/h4,17H,3,5-6H2,1-2H3. The average molecular weight is 256 g/mol. The molecule has 0 atom stereocenters. The molecular weight excluding hydrogens is 242 g/mol. The van der Waals surface area contributed by atoms with Crippen molar-refractivity contribution in [2.24, 2.45) is 0 Å². The molecule has 0 aliphatic rings. The molecule has 6 nitrogen and oxygen atoms in total. The Morgan fingerprint density at radius 1 is 1.47 bits per heavy atom. The van der Waals surface area contributed by atoms with Gasteiger partial charge in [-0.3, -0.25) is 4.68 Å². The van der Waals surface area contributed by atoms with Crippen molar-refractivity contribution < 1.29 is 5.11 Å². The van der Waals surface area contributed by atoms with Crippen LogP contribution in [-0.2, 0) is 19.7 Å². The molecule has 0 unspecified atom stereocenters. The van der Waals surface area contributed by atoms with E-state index >= 15 is 0 Å². The Labute approximate surface area is 104 Å². The summed E-state index contributed by atoms with van der Waals surface area (Å²) in [4.78, 5) is 0. The lowest BCUT2D eigenvalue weighted by molar-refractivity contribution is 0.276. The lowest BCUT2D eigenvalue weighted by Gasteiger charge is -2.04. The van der Waals surface area contributed by atoms with Crippen molar-refractivity contribution in [1.29, 1.82) is 0 Å². The van der Waals surface area contributed by atoms with Crippen LogP contribution in [0.2, 0.25) is 5.02 Å². The molecule has 0 saturated heterocycles. The minimum Gasteiger partial charge on any atom is -0.390 e. The van der Waals surface area contributed by atoms with Crippen LogP contribution in [0.4, 0.5) is 0 Å². The molecule has 17 heavy (non-hydrogen) atoms. The molecule has 2 rings (SSSR count). The number of aryl methyl sites for hydroxylation is 2. The highest BCUT2D eigenvalue weighted by Gasteiger charge is 2.13. The van der Waals surface area contributed by atoms with Gasteiger partial charge in [0, 0.05) is 6.54 Å². The van der Waals surface area contributed by atoms with E-state index in [2.05, 4.69) is 15.4 Å². The van der Waals surface area contributed by atoms with Crippen molar-refractivity contribution in [1.82, 2.24) is 24.8 Å². The van der Waals surface area contributed by atoms with Gasteiger partial charge >= 0.3 is 0 Å². The second kappa shape index (κ2) is 4.85. The van der Waals surface area contributed by atoms with Gasteiger partial charge in [-0.15, -0.1) is 5.10 Å². The Kier molecular flexibility index (Phi) is 3.44. The van der Waals surface area contributed by atoms with E-state index in [4.69, 9.17) is 16.7 Å². The number of aromatic nitrogens is 5. The highest BCUT2D eigenvalue weighted by atomic mass is 35.5. The Hall–Kier alpha value is -1.40. The van der Waals surface area contributed by atoms with Crippen LogP contribution in [0.1, 0.15) is 24.0 Å². The molecule has 0 saturated carbocycles. The third-order valence-electron chi connectivity index (χ3n) is 2.51. The first kappa shape index (κ1) is 12.1. The predicted molar refractivity (Wildman–Crippen MR) is 62.7 cm³/mol. The SMILES string of the molecule is CCn1nc(C)c(Cl)c1Cn1cc(CO)nn1. The van der Waals surface area contributed by atoms with Gasteiger partial charge in [0.1, 0.15) is 5.69 Å². The summed E-state index contributed by atoms with van der Waals surface area (Å²) in [6.07, 6.45) is 1.69. The molecule has 92 valence electrons. The maximum absolute atomic E-state index is 8.92. The first-order chi connectivity index (χ1) is 8.15. The fourth-order valence-electron chi connectivity index (χ4n) is 1.66. The fraction of sp³-hybridized carbons (Fsp3) is 0.500. The lowest BCUT2D eigenvalue weighted by Crippen LogP contribution is -2.08. The minimum absolute atomic E-state index is 0.111. The van der Waals surface area contributed by atoms with Gasteiger partial charge in [0.05, 0.1) is 35.8 Å². The van der Waals surface area contributed by atoms with Crippen LogP contribution in [0.15, 0.2) is 6.20 Å². The molecule has 0 radical (unpaired) electrons. The molecule has 2 heterocycles. The van der Waals surface area contributed by atoms with E-state index in [1.165, 1.54) is 0 Å². The zero-order chi connectivity index (χ0) is 12.4. The van der Waals surface area contributed by atoms with E-state index < -0.39 is 0 Å². The molecule has 2 aromatic heterocycles. The number of hydrogen-bond donors (Lipinski definition) is 1. The Balaban J connectivity index is 2.28. The number of nitrogens with zero attached hydrogens (tertiary/aromatic N) is 5. The third-order valence-corrected chi connectivity index (χ3v) is 3.00. The minimum atomic E-state index is -0.111. The van der Waals surface area contributed by atoms with Crippen molar-refractivity contribution in [3.05, 3.63) is 28.3 Å². The molecule has 0 aliphatic heterocycles. The average Bonchev–Trinajstić information content (AvgIpc) is 2.89. The number of rotatable bonds is 4. The summed E-state index contributed by atoms with van der Waals surface area (Å²) in [7, 11) is 0. The summed E-state index contributed by atoms with van der Waals surface area (Å²) in [5.74, 6) is 0. The summed E-state index contributed by atoms with van der Waals surface area (Å²) in [6, 6.07) is 0. The monoisotopic (exact) mass is 255 g/mol. The molecule has 0 amide bonds. The number of halogens is 1. The van der Waals surface area contributed by atoms with Crippen LogP contribution < -0.4 is 0 Å². The van der Waals surface area contributed by atoms with Crippen LogP contribution >= 0.6 is 11.6 Å². The van der Waals surface area contributed by atoms with Gasteiger partial charge in [-0.1, -0.05) is 16.8 Å². The summed E-state index contributed by atoms with van der Waals surface area (Å²) in [5, 5.41) is 21.6. The quantitative estimate of drug-likeness (QED) is 0.885. The summed E-state index contributed by atoms with van der Waals surface area (Å²) in [6.45, 7) is 5.02. The first-order valence-electron chi connectivity index (χ1n) is 5.37. The van der Waals surface area contributed by atoms with Gasteiger partial charge in [-0.05, 0) is 13.8 Å². The largest absolute Gasteiger partial charge is 0.390 e. The molecule has 7 heteroatoms. The van der Waals surface area contributed by atoms with Crippen molar-refractivity contribution in [3.8, 4) is 0 Å². The van der Waals surface area contributed by atoms with Gasteiger partial charge in [0.2, 0.25) is 0 Å². The van der Waals surface area contributed by atoms with E-state index in [-0.39, 0.29) is 6.61 Å². The zero-order valence-electron chi connectivity index (χ0n) is 9.76. The van der Waals surface area contributed by atoms with Gasteiger partial charge in [0.15, 0.2) is 0 Å². The number of aliphatic hydroxyl groups excluding tert-OH is 1. The van der Waals surface area contributed by atoms with Crippen molar-refractivity contribution in [3.63, 3.8) is 0 Å². The molecule has 0 aliphatic carbocycles. The third kappa shape index (κ3) is 2.32. The van der Waals surface area contributed by atoms with Crippen molar-refractivity contribution in [2.45, 2.75) is 33.5 Å². The van der Waals surface area contributed by atoms with Crippen molar-refractivity contribution >= 4 is 11.6 Å². The molecule has 0 bridgehead atoms. The number of hydrogen-bond acceptors (Lipinski definition) is 4. The number of aliphatic hydroxyl groups is 1. The first-order valence-corrected chi connectivity index (χ1v) is 5.75. The molecular formula is C10H14ClN5O. The van der Waals surface area contributed by atoms with Gasteiger partial charge < -0.3 is 5.11 Å². The normalized spacial score (nSPS) is 11.1. The van der Waals surface area contributed by atoms with Gasteiger partial charge in [0.25, 0.3) is 0 Å². The van der Waals surface area contributed by atoms with E-state index in [1.807, 2.05) is 18.5 Å². The van der Waals surface area contributed by atoms with E-state index in [0.29, 0.717) is 17.3 Å². The molecule has 2 aromatic rings. The predicted octanol–water partition coefficient (Wildman–Crippen LogP) is 0.997. The second-order valence-electron chi connectivity index (χ2n) is 3.73. The lowest BCUT2D eigenvalue weighted by atomic mass is 10.3. The summed E-state index contributed by atoms with van der Waals surface area (Å²) < 4.78 is 3.48. The summed E-state index contributed by atoms with van der Waals surface area (Å²) in [5.41, 5.74) is 2.26. The Morgan fingerprint density at radius 2 is 2.24 bits per heavy atom. The van der Waals surface area contributed by atoms with Crippen molar-refractivity contribution in [2.75, 3.05) is 0 Å². The van der Waals surface area contributed by atoms with Crippen LogP contribution in [0.5, 0.6) is 0 Å². The van der Waals surface area contributed by atoms with E-state index in [1.54, 1.807) is 10.9 Å². The van der Waals surface area contributed by atoms with Crippen LogP contribution in [-0.4, -0.2) is 29.9 Å². The zero-order valence-corrected chi connectivity index (χ0v) is 10.5. The topological polar surface area (TPSA) is 68.8 Å². The van der Waals surface area contributed by atoms with Gasteiger partial charge in [-0.2, -0.15) is 5.10 Å². The van der Waals surface area contributed by atoms with Crippen LogP contribution in [0.25, 0.3) is 0 Å². The fourth-order valence-corrected chi connectivity index (χ4v) is 1.86. The molecule has 1 N–H and O–H groups in total. The van der Waals surface area contributed by atoms with E-state index in [9.17, 15) is 0 Å². The van der Waals surface area contributed by atoms with Crippen LogP contribution in [0, 0.1) is 6.92 Å². The molecule has 0 fully saturated rings. The Bertz CT molecular complexity index is 519. The van der Waals surface area contributed by atoms with Gasteiger partial charge in [-0.25, -0.2) is 4.68 Å². The highest BCUT2D eigenvalue weighted by Crippen LogP contribution is 2.20.